The minimum Gasteiger partial charge on any atom is -0.489 e. The van der Waals surface area contributed by atoms with E-state index in [1.165, 1.54) is 6.26 Å². The summed E-state index contributed by atoms with van der Waals surface area (Å²) < 4.78 is 17.1. The molecule has 0 bridgehead atoms. The van der Waals surface area contributed by atoms with Crippen LogP contribution in [0.15, 0.2) is 11.8 Å². The van der Waals surface area contributed by atoms with Crippen molar-refractivity contribution in [1.82, 2.24) is 0 Å². The molecule has 2 heterocycles. The summed E-state index contributed by atoms with van der Waals surface area (Å²) in [5.41, 5.74) is -0.816. The lowest BCUT2D eigenvalue weighted by Gasteiger charge is -2.62. The minimum atomic E-state index is -0.746. The number of esters is 1. The van der Waals surface area contributed by atoms with Gasteiger partial charge in [0.15, 0.2) is 11.9 Å². The van der Waals surface area contributed by atoms with E-state index in [1.807, 2.05) is 6.92 Å². The number of fused-ring (bicyclic) bond motifs is 4. The number of hydrogen-bond acceptors (Lipinski definition) is 7. The molecule has 3 saturated carbocycles. The predicted octanol–water partition coefficient (Wildman–Crippen LogP) is 2.26. The first kappa shape index (κ1) is 20.9. The molecular formula is C24H30O7. The lowest BCUT2D eigenvalue weighted by molar-refractivity contribution is -0.215. The Kier molecular flexibility index (Phi) is 4.53. The maximum atomic E-state index is 13.9. The first-order valence-electron chi connectivity index (χ1n) is 11.3. The average Bonchev–Trinajstić information content (AvgIpc) is 3.27. The summed E-state index contributed by atoms with van der Waals surface area (Å²) in [5.74, 6) is -1.47. The van der Waals surface area contributed by atoms with E-state index in [-0.39, 0.29) is 41.7 Å². The van der Waals surface area contributed by atoms with E-state index in [4.69, 9.17) is 14.2 Å². The van der Waals surface area contributed by atoms with Gasteiger partial charge in [0.25, 0.3) is 0 Å². The van der Waals surface area contributed by atoms with Gasteiger partial charge in [0.05, 0.1) is 18.4 Å². The van der Waals surface area contributed by atoms with Crippen LogP contribution in [0.5, 0.6) is 0 Å². The summed E-state index contributed by atoms with van der Waals surface area (Å²) in [6.07, 6.45) is 2.15. The number of rotatable bonds is 4. The van der Waals surface area contributed by atoms with Crippen LogP contribution in [0.3, 0.4) is 0 Å². The van der Waals surface area contributed by atoms with E-state index in [0.717, 1.165) is 0 Å². The molecule has 5 rings (SSSR count). The van der Waals surface area contributed by atoms with Gasteiger partial charge in [-0.1, -0.05) is 13.8 Å². The lowest BCUT2D eigenvalue weighted by Crippen LogP contribution is -2.69. The molecule has 5 unspecified atom stereocenters. The SMILES string of the molecule is COC[C@H]1OC(=O)C2=COC3C(=O)C4C(C(CC(C)=O)C[C@]5(C)C(=O)CC[C@@H]45)[C@]1(C)C23. The fourth-order valence-corrected chi connectivity index (χ4v) is 8.02. The number of cyclic esters (lactones) is 1. The van der Waals surface area contributed by atoms with E-state index in [0.29, 0.717) is 31.3 Å². The van der Waals surface area contributed by atoms with Gasteiger partial charge in [-0.15, -0.1) is 0 Å². The molecule has 0 N–H and O–H groups in total. The van der Waals surface area contributed by atoms with E-state index in [1.54, 1.807) is 14.0 Å². The van der Waals surface area contributed by atoms with Crippen molar-refractivity contribution in [3.8, 4) is 0 Å². The van der Waals surface area contributed by atoms with Crippen LogP contribution in [0.1, 0.15) is 46.5 Å². The standard InChI is InChI=1S/C24H30O7/c1-11(25)7-12-8-23(2)14(5-6-15(23)26)17-18(12)24(3)16(10-29-4)31-22(28)13-9-30-21(19(13)24)20(17)27/h9,12,14,16-19,21H,5-8,10H2,1-4H3/t12?,14-,16+,17?,18?,19?,21?,23-,24+/m0/s1. The van der Waals surface area contributed by atoms with Gasteiger partial charge in [0, 0.05) is 42.6 Å². The third kappa shape index (κ3) is 2.55. The number of carbonyl (C=O) groups excluding carboxylic acids is 4. The fourth-order valence-electron chi connectivity index (χ4n) is 8.02. The predicted molar refractivity (Wildman–Crippen MR) is 108 cm³/mol. The molecule has 0 aromatic carbocycles. The molecule has 5 aliphatic rings. The van der Waals surface area contributed by atoms with Crippen molar-refractivity contribution in [2.45, 2.75) is 58.7 Å². The van der Waals surface area contributed by atoms with Crippen molar-refractivity contribution in [2.75, 3.05) is 13.7 Å². The Labute approximate surface area is 181 Å². The maximum Gasteiger partial charge on any atom is 0.337 e. The highest BCUT2D eigenvalue weighted by Gasteiger charge is 2.73. The molecule has 0 radical (unpaired) electrons. The topological polar surface area (TPSA) is 96.0 Å². The highest BCUT2D eigenvalue weighted by atomic mass is 16.6. The van der Waals surface area contributed by atoms with Gasteiger partial charge >= 0.3 is 5.97 Å². The van der Waals surface area contributed by atoms with Gasteiger partial charge in [0.2, 0.25) is 0 Å². The van der Waals surface area contributed by atoms with Crippen molar-refractivity contribution in [3.63, 3.8) is 0 Å². The molecule has 3 aliphatic carbocycles. The number of Topliss-reactive ketones (excluding diaryl/α,β-unsaturated/α-hetero) is 3. The summed E-state index contributed by atoms with van der Waals surface area (Å²) in [6, 6.07) is 0. The van der Waals surface area contributed by atoms with Crippen LogP contribution in [-0.2, 0) is 33.4 Å². The third-order valence-corrected chi connectivity index (χ3v) is 9.18. The minimum absolute atomic E-state index is 0.0243. The quantitative estimate of drug-likeness (QED) is 0.631. The molecule has 168 valence electrons. The van der Waals surface area contributed by atoms with Gasteiger partial charge in [0.1, 0.15) is 17.7 Å². The monoisotopic (exact) mass is 430 g/mol. The Bertz CT molecular complexity index is 906. The van der Waals surface area contributed by atoms with Crippen molar-refractivity contribution < 1.29 is 33.4 Å². The van der Waals surface area contributed by atoms with E-state index in [9.17, 15) is 19.2 Å². The fraction of sp³-hybridized carbons (Fsp3) is 0.750. The zero-order valence-corrected chi connectivity index (χ0v) is 18.5. The normalized spacial score (nSPS) is 47.7. The van der Waals surface area contributed by atoms with Crippen LogP contribution in [0.2, 0.25) is 0 Å². The van der Waals surface area contributed by atoms with Gasteiger partial charge in [-0.3, -0.25) is 9.59 Å². The molecule has 4 fully saturated rings. The zero-order valence-electron chi connectivity index (χ0n) is 18.5. The van der Waals surface area contributed by atoms with Crippen molar-refractivity contribution >= 4 is 23.3 Å². The van der Waals surface area contributed by atoms with Crippen molar-refractivity contribution in [2.24, 2.45) is 40.4 Å². The average molecular weight is 430 g/mol. The summed E-state index contributed by atoms with van der Waals surface area (Å²) in [5, 5.41) is 0. The van der Waals surface area contributed by atoms with Gasteiger partial charge in [-0.05, 0) is 37.5 Å². The summed E-state index contributed by atoms with van der Waals surface area (Å²) in [6.45, 7) is 5.82. The molecule has 0 aromatic heterocycles. The molecule has 0 amide bonds. The molecule has 2 aliphatic heterocycles. The van der Waals surface area contributed by atoms with Crippen molar-refractivity contribution in [1.29, 1.82) is 0 Å². The Morgan fingerprint density at radius 1 is 1.26 bits per heavy atom. The van der Waals surface area contributed by atoms with Crippen LogP contribution in [0.4, 0.5) is 0 Å². The highest BCUT2D eigenvalue weighted by Crippen LogP contribution is 2.68. The number of methoxy groups -OCH3 is 1. The highest BCUT2D eigenvalue weighted by molar-refractivity contribution is 5.98. The second-order valence-corrected chi connectivity index (χ2v) is 10.6. The van der Waals surface area contributed by atoms with Gasteiger partial charge in [-0.2, -0.15) is 0 Å². The van der Waals surface area contributed by atoms with E-state index >= 15 is 0 Å². The third-order valence-electron chi connectivity index (χ3n) is 9.18. The molecule has 7 heteroatoms. The summed E-state index contributed by atoms with van der Waals surface area (Å²) in [7, 11) is 1.57. The second kappa shape index (κ2) is 6.74. The first-order valence-corrected chi connectivity index (χ1v) is 11.3. The van der Waals surface area contributed by atoms with Crippen LogP contribution in [0, 0.1) is 40.4 Å². The summed E-state index contributed by atoms with van der Waals surface area (Å²) in [4.78, 5) is 51.8. The van der Waals surface area contributed by atoms with E-state index in [2.05, 4.69) is 6.92 Å². The molecule has 0 aromatic rings. The second-order valence-electron chi connectivity index (χ2n) is 10.6. The zero-order chi connectivity index (χ0) is 22.3. The van der Waals surface area contributed by atoms with Crippen molar-refractivity contribution in [3.05, 3.63) is 11.8 Å². The van der Waals surface area contributed by atoms with E-state index < -0.39 is 40.8 Å². The largest absolute Gasteiger partial charge is 0.489 e. The molecule has 31 heavy (non-hydrogen) atoms. The summed E-state index contributed by atoms with van der Waals surface area (Å²) >= 11 is 0. The molecule has 7 nitrogen and oxygen atoms in total. The van der Waals surface area contributed by atoms with Crippen LogP contribution < -0.4 is 0 Å². The smallest absolute Gasteiger partial charge is 0.337 e. The molecule has 0 spiro atoms. The van der Waals surface area contributed by atoms with Crippen LogP contribution in [-0.4, -0.2) is 49.2 Å². The van der Waals surface area contributed by atoms with Crippen LogP contribution in [0.25, 0.3) is 0 Å². The molecule has 9 atom stereocenters. The first-order chi connectivity index (χ1) is 14.6. The number of ether oxygens (including phenoxy) is 3. The number of ketones is 3. The maximum absolute atomic E-state index is 13.9. The molecular weight excluding hydrogens is 400 g/mol. The Balaban J connectivity index is 1.69. The Morgan fingerprint density at radius 3 is 2.68 bits per heavy atom. The lowest BCUT2D eigenvalue weighted by atomic mass is 9.41. The number of carbonyl (C=O) groups is 4. The van der Waals surface area contributed by atoms with Gasteiger partial charge < -0.3 is 19.0 Å². The van der Waals surface area contributed by atoms with Gasteiger partial charge in [-0.25, -0.2) is 4.79 Å². The number of hydrogen-bond donors (Lipinski definition) is 0. The molecule has 1 saturated heterocycles. The van der Waals surface area contributed by atoms with Crippen LogP contribution >= 0.6 is 0 Å². The Hall–Kier alpha value is -2.02. The Morgan fingerprint density at radius 2 is 2.00 bits per heavy atom.